The number of rotatable bonds is 3. The van der Waals surface area contributed by atoms with Crippen LogP contribution in [0.5, 0.6) is 0 Å². The van der Waals surface area contributed by atoms with Gasteiger partial charge in [0.25, 0.3) is 5.69 Å². The molecule has 0 saturated carbocycles. The van der Waals surface area contributed by atoms with E-state index in [0.29, 0.717) is 6.07 Å². The standard InChI is InChI=1S/C10H7N3O5S/c14-13(15)7-5-9(8-3-1-2-4-11-8)12-10(6-7)19(16,17)18/h1-6H,(H,16,17,18). The smallest absolute Gasteiger partial charge is 0.281 e. The first-order valence-corrected chi connectivity index (χ1v) is 6.37. The number of hydrogen-bond acceptors (Lipinski definition) is 6. The van der Waals surface area contributed by atoms with Gasteiger partial charge in [-0.15, -0.1) is 0 Å². The van der Waals surface area contributed by atoms with Crippen LogP contribution in [0, 0.1) is 10.1 Å². The molecule has 0 aliphatic carbocycles. The highest BCUT2D eigenvalue weighted by Gasteiger charge is 2.20. The fraction of sp³-hybridized carbons (Fsp3) is 0. The summed E-state index contributed by atoms with van der Waals surface area (Å²) in [6, 6.07) is 6.53. The SMILES string of the molecule is O=[N+]([O-])c1cc(-c2ccccn2)nc(S(=O)(=O)O)c1. The van der Waals surface area contributed by atoms with Gasteiger partial charge in [0.2, 0.25) is 0 Å². The van der Waals surface area contributed by atoms with Gasteiger partial charge in [-0.05, 0) is 12.1 Å². The Bertz CT molecular complexity index is 730. The summed E-state index contributed by atoms with van der Waals surface area (Å²) in [4.78, 5) is 17.5. The van der Waals surface area contributed by atoms with E-state index in [9.17, 15) is 18.5 Å². The summed E-state index contributed by atoms with van der Waals surface area (Å²) in [5, 5.41) is 9.96. The van der Waals surface area contributed by atoms with Crippen molar-refractivity contribution >= 4 is 15.8 Å². The molecule has 0 bridgehead atoms. The average Bonchev–Trinajstić information content (AvgIpc) is 2.38. The lowest BCUT2D eigenvalue weighted by atomic mass is 10.2. The fourth-order valence-electron chi connectivity index (χ4n) is 1.37. The van der Waals surface area contributed by atoms with Crippen molar-refractivity contribution in [2.75, 3.05) is 0 Å². The second-order valence-corrected chi connectivity index (χ2v) is 4.86. The Hall–Kier alpha value is -2.39. The summed E-state index contributed by atoms with van der Waals surface area (Å²) in [6.45, 7) is 0. The zero-order valence-corrected chi connectivity index (χ0v) is 10.1. The van der Waals surface area contributed by atoms with Crippen molar-refractivity contribution in [1.29, 1.82) is 0 Å². The van der Waals surface area contributed by atoms with Crippen LogP contribution in [-0.2, 0) is 10.1 Å². The number of hydrogen-bond donors (Lipinski definition) is 1. The highest BCUT2D eigenvalue weighted by Crippen LogP contribution is 2.23. The fourth-order valence-corrected chi connectivity index (χ4v) is 1.86. The highest BCUT2D eigenvalue weighted by atomic mass is 32.2. The first-order chi connectivity index (χ1) is 8.88. The van der Waals surface area contributed by atoms with E-state index in [1.54, 1.807) is 12.1 Å². The van der Waals surface area contributed by atoms with Gasteiger partial charge in [-0.1, -0.05) is 6.07 Å². The number of nitro groups is 1. The first-order valence-electron chi connectivity index (χ1n) is 4.93. The zero-order chi connectivity index (χ0) is 14.0. The summed E-state index contributed by atoms with van der Waals surface area (Å²) < 4.78 is 31.0. The maximum Gasteiger partial charge on any atom is 0.312 e. The van der Waals surface area contributed by atoms with Crippen LogP contribution in [0.25, 0.3) is 11.4 Å². The molecule has 0 atom stereocenters. The van der Waals surface area contributed by atoms with Crippen LogP contribution in [0.4, 0.5) is 5.69 Å². The van der Waals surface area contributed by atoms with Crippen LogP contribution in [0.15, 0.2) is 41.6 Å². The molecule has 0 saturated heterocycles. The summed E-state index contributed by atoms with van der Waals surface area (Å²) in [5.41, 5.74) is -0.248. The van der Waals surface area contributed by atoms with Crippen LogP contribution in [-0.4, -0.2) is 27.9 Å². The second-order valence-electron chi connectivity index (χ2n) is 3.50. The summed E-state index contributed by atoms with van der Waals surface area (Å²) in [7, 11) is -4.63. The van der Waals surface area contributed by atoms with Gasteiger partial charge in [-0.2, -0.15) is 8.42 Å². The molecule has 2 heterocycles. The van der Waals surface area contributed by atoms with E-state index in [2.05, 4.69) is 9.97 Å². The zero-order valence-electron chi connectivity index (χ0n) is 9.29. The molecule has 0 unspecified atom stereocenters. The van der Waals surface area contributed by atoms with Gasteiger partial charge in [0, 0.05) is 12.3 Å². The number of pyridine rings is 2. The Morgan fingerprint density at radius 2 is 1.95 bits per heavy atom. The van der Waals surface area contributed by atoms with Crippen molar-refractivity contribution in [3.63, 3.8) is 0 Å². The third-order valence-corrected chi connectivity index (χ3v) is 2.93. The second kappa shape index (κ2) is 4.71. The molecule has 19 heavy (non-hydrogen) atoms. The molecule has 9 heteroatoms. The summed E-state index contributed by atoms with van der Waals surface area (Å²) in [5.74, 6) is 0. The van der Waals surface area contributed by atoms with Gasteiger partial charge in [0.15, 0.2) is 5.03 Å². The Morgan fingerprint density at radius 3 is 2.47 bits per heavy atom. The van der Waals surface area contributed by atoms with E-state index in [-0.39, 0.29) is 11.4 Å². The van der Waals surface area contributed by atoms with Crippen molar-refractivity contribution in [2.24, 2.45) is 0 Å². The van der Waals surface area contributed by atoms with Crippen molar-refractivity contribution in [2.45, 2.75) is 5.03 Å². The van der Waals surface area contributed by atoms with Crippen LogP contribution in [0.3, 0.4) is 0 Å². The summed E-state index contributed by atoms with van der Waals surface area (Å²) in [6.07, 6.45) is 1.43. The van der Waals surface area contributed by atoms with Gasteiger partial charge in [-0.3, -0.25) is 19.7 Å². The van der Waals surface area contributed by atoms with Crippen molar-refractivity contribution < 1.29 is 17.9 Å². The third kappa shape index (κ3) is 2.89. The van der Waals surface area contributed by atoms with Gasteiger partial charge in [-0.25, -0.2) is 4.98 Å². The minimum atomic E-state index is -4.63. The molecular weight excluding hydrogens is 274 g/mol. The molecule has 0 aromatic carbocycles. The Morgan fingerprint density at radius 1 is 1.21 bits per heavy atom. The lowest BCUT2D eigenvalue weighted by molar-refractivity contribution is -0.385. The predicted octanol–water partition coefficient (Wildman–Crippen LogP) is 1.30. The first kappa shape index (κ1) is 13.1. The van der Waals surface area contributed by atoms with E-state index >= 15 is 0 Å². The van der Waals surface area contributed by atoms with Gasteiger partial charge >= 0.3 is 10.1 Å². The van der Waals surface area contributed by atoms with E-state index in [1.165, 1.54) is 12.3 Å². The van der Waals surface area contributed by atoms with E-state index in [0.717, 1.165) is 6.07 Å². The molecule has 0 radical (unpaired) electrons. The molecular formula is C10H7N3O5S. The van der Waals surface area contributed by atoms with Crippen LogP contribution < -0.4 is 0 Å². The van der Waals surface area contributed by atoms with E-state index in [4.69, 9.17) is 4.55 Å². The third-order valence-electron chi connectivity index (χ3n) is 2.19. The largest absolute Gasteiger partial charge is 0.312 e. The predicted molar refractivity (Wildman–Crippen MR) is 63.9 cm³/mol. The van der Waals surface area contributed by atoms with Gasteiger partial charge in [0.1, 0.15) is 0 Å². The van der Waals surface area contributed by atoms with Crippen LogP contribution in [0.2, 0.25) is 0 Å². The maximum atomic E-state index is 11.0. The molecule has 0 aliphatic heterocycles. The Balaban J connectivity index is 2.69. The van der Waals surface area contributed by atoms with E-state index in [1.807, 2.05) is 0 Å². The highest BCUT2D eigenvalue weighted by molar-refractivity contribution is 7.85. The Labute approximate surface area is 107 Å². The molecule has 8 nitrogen and oxygen atoms in total. The molecule has 2 rings (SSSR count). The molecule has 1 N–H and O–H groups in total. The van der Waals surface area contributed by atoms with Crippen LogP contribution in [0.1, 0.15) is 0 Å². The Kier molecular flexibility index (Phi) is 3.23. The van der Waals surface area contributed by atoms with Gasteiger partial charge in [0.05, 0.1) is 22.4 Å². The van der Waals surface area contributed by atoms with Crippen molar-refractivity contribution in [3.8, 4) is 11.4 Å². The maximum absolute atomic E-state index is 11.0. The molecule has 2 aromatic rings. The quantitative estimate of drug-likeness (QED) is 0.510. The molecule has 0 spiro atoms. The molecule has 2 aromatic heterocycles. The number of aromatic nitrogens is 2. The minimum Gasteiger partial charge on any atom is -0.281 e. The monoisotopic (exact) mass is 281 g/mol. The van der Waals surface area contributed by atoms with E-state index < -0.39 is 25.8 Å². The lowest BCUT2D eigenvalue weighted by Crippen LogP contribution is -2.04. The lowest BCUT2D eigenvalue weighted by Gasteiger charge is -2.02. The summed E-state index contributed by atoms with van der Waals surface area (Å²) >= 11 is 0. The topological polar surface area (TPSA) is 123 Å². The normalized spacial score (nSPS) is 11.2. The van der Waals surface area contributed by atoms with Crippen molar-refractivity contribution in [1.82, 2.24) is 9.97 Å². The van der Waals surface area contributed by atoms with Gasteiger partial charge < -0.3 is 0 Å². The van der Waals surface area contributed by atoms with Crippen LogP contribution >= 0.6 is 0 Å². The molecule has 0 amide bonds. The number of nitrogens with zero attached hydrogens (tertiary/aromatic N) is 3. The average molecular weight is 281 g/mol. The molecule has 98 valence electrons. The minimum absolute atomic E-state index is 0.0116. The molecule has 0 aliphatic rings. The molecule has 0 fully saturated rings. The van der Waals surface area contributed by atoms with Crippen molar-refractivity contribution in [3.05, 3.63) is 46.6 Å².